The van der Waals surface area contributed by atoms with E-state index in [1.54, 1.807) is 0 Å². The number of carbonyl (C=O) groups excluding carboxylic acids is 1. The third-order valence-electron chi connectivity index (χ3n) is 8.23. The molecule has 0 spiro atoms. The molecule has 1 fully saturated rings. The van der Waals surface area contributed by atoms with Gasteiger partial charge in [0.05, 0.1) is 0 Å². The largest absolute Gasteiger partial charge is 0.507 e. The molecule has 1 N–H and O–H groups in total. The summed E-state index contributed by atoms with van der Waals surface area (Å²) in [6.07, 6.45) is 15.9. The van der Waals surface area contributed by atoms with E-state index in [0.717, 1.165) is 67.4 Å². The predicted molar refractivity (Wildman–Crippen MR) is 136 cm³/mol. The van der Waals surface area contributed by atoms with Gasteiger partial charge in [-0.1, -0.05) is 50.7 Å². The Kier molecular flexibility index (Phi) is 7.36. The number of unbranched alkanes of at least 4 members (excludes halogenated alkanes) is 2. The molecule has 1 heterocycles. The number of benzene rings is 1. The minimum atomic E-state index is -0.287. The van der Waals surface area contributed by atoms with E-state index in [1.807, 2.05) is 12.1 Å². The maximum absolute atomic E-state index is 12.9. The van der Waals surface area contributed by atoms with Gasteiger partial charge in [-0.3, -0.25) is 4.79 Å². The second-order valence-corrected chi connectivity index (χ2v) is 11.2. The van der Waals surface area contributed by atoms with E-state index < -0.39 is 0 Å². The Hall–Kier alpha value is -2.03. The third kappa shape index (κ3) is 5.23. The highest BCUT2D eigenvalue weighted by molar-refractivity contribution is 5.97. The molecule has 1 aromatic carbocycles. The second-order valence-electron chi connectivity index (χ2n) is 11.2. The van der Waals surface area contributed by atoms with Gasteiger partial charge in [0.25, 0.3) is 0 Å². The molecule has 1 saturated carbocycles. The zero-order chi connectivity index (χ0) is 23.6. The van der Waals surface area contributed by atoms with Crippen molar-refractivity contribution in [3.63, 3.8) is 0 Å². The second kappa shape index (κ2) is 10.1. The van der Waals surface area contributed by atoms with Gasteiger partial charge in [-0.2, -0.15) is 0 Å². The fourth-order valence-corrected chi connectivity index (χ4v) is 6.38. The number of allylic oxidation sites excluding steroid dienone is 4. The first-order valence-electron chi connectivity index (χ1n) is 13.3. The van der Waals surface area contributed by atoms with Gasteiger partial charge in [-0.25, -0.2) is 0 Å². The summed E-state index contributed by atoms with van der Waals surface area (Å²) in [5.74, 6) is 2.39. The molecule has 0 amide bonds. The summed E-state index contributed by atoms with van der Waals surface area (Å²) in [5, 5.41) is 11.3. The molecule has 1 aromatic rings. The number of hydrogen-bond acceptors (Lipinski definition) is 3. The summed E-state index contributed by atoms with van der Waals surface area (Å²) in [5.41, 5.74) is 4.15. The van der Waals surface area contributed by atoms with E-state index in [4.69, 9.17) is 4.74 Å². The van der Waals surface area contributed by atoms with E-state index in [-0.39, 0.29) is 17.3 Å². The number of hydrogen-bond donors (Lipinski definition) is 1. The number of ketones is 1. The quantitative estimate of drug-likeness (QED) is 0.259. The van der Waals surface area contributed by atoms with Gasteiger partial charge in [-0.05, 0) is 88.1 Å². The summed E-state index contributed by atoms with van der Waals surface area (Å²) >= 11 is 0. The van der Waals surface area contributed by atoms with Crippen molar-refractivity contribution in [3.05, 3.63) is 41.0 Å². The van der Waals surface area contributed by atoms with Crippen LogP contribution in [0.25, 0.3) is 5.57 Å². The molecule has 33 heavy (non-hydrogen) atoms. The summed E-state index contributed by atoms with van der Waals surface area (Å²) in [6, 6.07) is 4.05. The molecule has 2 atom stereocenters. The molecule has 0 radical (unpaired) electrons. The monoisotopic (exact) mass is 450 g/mol. The normalized spacial score (nSPS) is 25.0. The Morgan fingerprint density at radius 3 is 2.67 bits per heavy atom. The Morgan fingerprint density at radius 1 is 1.18 bits per heavy atom. The maximum Gasteiger partial charge on any atom is 0.155 e. The van der Waals surface area contributed by atoms with Gasteiger partial charge in [-0.15, -0.1) is 0 Å². The highest BCUT2D eigenvalue weighted by Gasteiger charge is 2.45. The Balaban J connectivity index is 1.72. The Labute approximate surface area is 200 Å². The highest BCUT2D eigenvalue weighted by atomic mass is 16.5. The molecule has 1 aliphatic heterocycles. The van der Waals surface area contributed by atoms with Crippen molar-refractivity contribution in [2.24, 2.45) is 11.8 Å². The molecule has 2 unspecified atom stereocenters. The summed E-state index contributed by atoms with van der Waals surface area (Å²) in [6.45, 7) is 8.72. The van der Waals surface area contributed by atoms with E-state index >= 15 is 0 Å². The molecule has 180 valence electrons. The first kappa shape index (κ1) is 24.1. The zero-order valence-corrected chi connectivity index (χ0v) is 21.1. The third-order valence-corrected chi connectivity index (χ3v) is 8.23. The fourth-order valence-electron chi connectivity index (χ4n) is 6.38. The lowest BCUT2D eigenvalue weighted by Gasteiger charge is -2.47. The van der Waals surface area contributed by atoms with Crippen LogP contribution in [0.3, 0.4) is 0 Å². The van der Waals surface area contributed by atoms with Crippen LogP contribution in [0.4, 0.5) is 0 Å². The summed E-state index contributed by atoms with van der Waals surface area (Å²) < 4.78 is 6.57. The number of rotatable bonds is 7. The topological polar surface area (TPSA) is 46.5 Å². The van der Waals surface area contributed by atoms with Crippen molar-refractivity contribution in [3.8, 4) is 11.5 Å². The van der Waals surface area contributed by atoms with Crippen LogP contribution in [0.1, 0.15) is 115 Å². The van der Waals surface area contributed by atoms with Crippen molar-refractivity contribution < 1.29 is 14.6 Å². The van der Waals surface area contributed by atoms with Crippen LogP contribution in [-0.2, 0) is 4.79 Å². The molecule has 4 rings (SSSR count). The van der Waals surface area contributed by atoms with Crippen molar-refractivity contribution in [2.45, 2.75) is 110 Å². The van der Waals surface area contributed by atoms with E-state index in [0.29, 0.717) is 24.0 Å². The van der Waals surface area contributed by atoms with Gasteiger partial charge < -0.3 is 9.84 Å². The van der Waals surface area contributed by atoms with E-state index in [1.165, 1.54) is 24.8 Å². The van der Waals surface area contributed by atoms with Gasteiger partial charge in [0.1, 0.15) is 17.1 Å². The number of phenolic OH excluding ortho intramolecular Hbond substituents is 1. The van der Waals surface area contributed by atoms with Gasteiger partial charge in [0.2, 0.25) is 0 Å². The van der Waals surface area contributed by atoms with Gasteiger partial charge >= 0.3 is 0 Å². The molecule has 3 aliphatic rings. The van der Waals surface area contributed by atoms with Crippen molar-refractivity contribution in [1.29, 1.82) is 0 Å². The number of aromatic hydroxyl groups is 1. The average Bonchev–Trinajstić information content (AvgIpc) is 2.77. The predicted octanol–water partition coefficient (Wildman–Crippen LogP) is 8.12. The van der Waals surface area contributed by atoms with E-state index in [9.17, 15) is 9.90 Å². The maximum atomic E-state index is 12.9. The molecule has 0 saturated heterocycles. The summed E-state index contributed by atoms with van der Waals surface area (Å²) in [4.78, 5) is 12.9. The van der Waals surface area contributed by atoms with Crippen LogP contribution >= 0.6 is 0 Å². The molecule has 2 aliphatic carbocycles. The summed E-state index contributed by atoms with van der Waals surface area (Å²) in [7, 11) is 0. The van der Waals surface area contributed by atoms with E-state index in [2.05, 4.69) is 39.8 Å². The molecular weight excluding hydrogens is 408 g/mol. The zero-order valence-electron chi connectivity index (χ0n) is 21.1. The van der Waals surface area contributed by atoms with Gasteiger partial charge in [0, 0.05) is 23.8 Å². The number of ether oxygens (including phenoxy) is 1. The standard InChI is InChI=1S/C30H42O3/c1-5-6-8-13-23(31)19-24(21-11-9-7-10-12-21)22-17-27(32)29-25-16-20(2)14-15-26(25)30(3,4)33-28(29)18-22/h14,17-19,21,25-26,32H,5-13,15-16H2,1-4H3. The Morgan fingerprint density at radius 2 is 1.94 bits per heavy atom. The van der Waals surface area contributed by atoms with Crippen LogP contribution in [0.2, 0.25) is 0 Å². The molecular formula is C30H42O3. The number of carbonyl (C=O) groups is 1. The molecule has 3 heteroatoms. The number of fused-ring (bicyclic) bond motifs is 3. The van der Waals surface area contributed by atoms with Crippen LogP contribution in [0.5, 0.6) is 11.5 Å². The van der Waals surface area contributed by atoms with Crippen LogP contribution in [0, 0.1) is 11.8 Å². The van der Waals surface area contributed by atoms with Gasteiger partial charge in [0.15, 0.2) is 5.78 Å². The Bertz CT molecular complexity index is 930. The minimum Gasteiger partial charge on any atom is -0.507 e. The highest BCUT2D eigenvalue weighted by Crippen LogP contribution is 2.55. The SMILES string of the molecule is CCCCCC(=O)C=C(c1cc(O)c2c(c1)OC(C)(C)C1CC=C(C)CC21)C1CCCCC1. The molecule has 3 nitrogen and oxygen atoms in total. The van der Waals surface area contributed by atoms with Crippen molar-refractivity contribution >= 4 is 11.4 Å². The van der Waals surface area contributed by atoms with Crippen LogP contribution in [0.15, 0.2) is 29.9 Å². The minimum absolute atomic E-state index is 0.218. The van der Waals surface area contributed by atoms with Crippen LogP contribution < -0.4 is 4.74 Å². The number of phenols is 1. The lowest BCUT2D eigenvalue weighted by molar-refractivity contribution is -0.114. The van der Waals surface area contributed by atoms with Crippen molar-refractivity contribution in [2.75, 3.05) is 0 Å². The average molecular weight is 451 g/mol. The lowest BCUT2D eigenvalue weighted by Crippen LogP contribution is -2.45. The van der Waals surface area contributed by atoms with Crippen molar-refractivity contribution in [1.82, 2.24) is 0 Å². The first-order chi connectivity index (χ1) is 15.8. The molecule has 0 aromatic heterocycles. The fraction of sp³-hybridized carbons (Fsp3) is 0.633. The van der Waals surface area contributed by atoms with Crippen LogP contribution in [-0.4, -0.2) is 16.5 Å². The lowest BCUT2D eigenvalue weighted by atomic mass is 9.67. The smallest absolute Gasteiger partial charge is 0.155 e. The molecule has 0 bridgehead atoms. The first-order valence-corrected chi connectivity index (χ1v) is 13.3.